The van der Waals surface area contributed by atoms with Crippen LogP contribution in [-0.4, -0.2) is 67.2 Å². The number of hydrogen-bond donors (Lipinski definition) is 0. The Kier molecular flexibility index (Phi) is 6.54. The van der Waals surface area contributed by atoms with Crippen LogP contribution in [0.15, 0.2) is 54.9 Å². The largest absolute Gasteiger partial charge is 0.367 e. The summed E-state index contributed by atoms with van der Waals surface area (Å²) < 4.78 is 14.2. The Balaban J connectivity index is 1.32. The van der Waals surface area contributed by atoms with Crippen molar-refractivity contribution in [2.24, 2.45) is 0 Å². The van der Waals surface area contributed by atoms with E-state index in [9.17, 15) is 14.5 Å². The van der Waals surface area contributed by atoms with Crippen LogP contribution in [0.5, 0.6) is 0 Å². The van der Waals surface area contributed by atoms with Gasteiger partial charge < -0.3 is 19.6 Å². The summed E-state index contributed by atoms with van der Waals surface area (Å²) >= 11 is 6.35. The third-order valence-corrected chi connectivity index (χ3v) is 6.83. The summed E-state index contributed by atoms with van der Waals surface area (Å²) in [5.74, 6) is 0.365. The molecule has 1 aromatic heterocycles. The molecular formula is C24H25ClFN7O2. The van der Waals surface area contributed by atoms with Gasteiger partial charge in [0.15, 0.2) is 0 Å². The second kappa shape index (κ2) is 9.91. The van der Waals surface area contributed by atoms with E-state index in [4.69, 9.17) is 11.6 Å². The zero-order valence-electron chi connectivity index (χ0n) is 19.1. The molecule has 9 nitrogen and oxygen atoms in total. The summed E-state index contributed by atoms with van der Waals surface area (Å²) in [6, 6.07) is 14.3. The standard InChI is InChI=1S/C24H25ClFN7O2/c25-18-5-1-3-7-20(18)29-9-13-31(14-10-29)23-22(33(34)35)24(28-17-27-23)32-15-11-30(12-16-32)21-8-4-2-6-19(21)26/h1-8,17H,9-16H2. The average molecular weight is 498 g/mol. The molecule has 5 rings (SSSR count). The van der Waals surface area contributed by atoms with Gasteiger partial charge in [0.25, 0.3) is 0 Å². The summed E-state index contributed by atoms with van der Waals surface area (Å²) in [6.45, 7) is 4.54. The Hall–Kier alpha value is -3.66. The van der Waals surface area contributed by atoms with E-state index in [2.05, 4.69) is 14.9 Å². The van der Waals surface area contributed by atoms with Crippen LogP contribution in [0.4, 0.5) is 33.1 Å². The van der Waals surface area contributed by atoms with Gasteiger partial charge in [-0.1, -0.05) is 35.9 Å². The first-order chi connectivity index (χ1) is 17.0. The molecule has 3 heterocycles. The van der Waals surface area contributed by atoms with E-state index in [0.29, 0.717) is 74.7 Å². The lowest BCUT2D eigenvalue weighted by molar-refractivity contribution is -0.383. The molecule has 0 N–H and O–H groups in total. The number of anilines is 4. The quantitative estimate of drug-likeness (QED) is 0.388. The highest BCUT2D eigenvalue weighted by molar-refractivity contribution is 6.33. The second-order valence-corrected chi connectivity index (χ2v) is 8.88. The molecule has 0 aliphatic carbocycles. The minimum atomic E-state index is -0.395. The molecule has 0 bridgehead atoms. The van der Waals surface area contributed by atoms with Gasteiger partial charge in [-0.3, -0.25) is 10.1 Å². The number of aromatic nitrogens is 2. The molecule has 182 valence electrons. The summed E-state index contributed by atoms with van der Waals surface area (Å²) in [5.41, 5.74) is 1.42. The zero-order chi connectivity index (χ0) is 24.4. The Morgan fingerprint density at radius 3 is 1.71 bits per heavy atom. The highest BCUT2D eigenvalue weighted by atomic mass is 35.5. The van der Waals surface area contributed by atoms with Crippen molar-refractivity contribution in [3.63, 3.8) is 0 Å². The molecule has 0 amide bonds. The van der Waals surface area contributed by atoms with Gasteiger partial charge >= 0.3 is 5.69 Å². The van der Waals surface area contributed by atoms with Crippen molar-refractivity contribution in [1.82, 2.24) is 9.97 Å². The lowest BCUT2D eigenvalue weighted by Crippen LogP contribution is -2.48. The van der Waals surface area contributed by atoms with E-state index in [0.717, 1.165) is 5.69 Å². The Morgan fingerprint density at radius 1 is 0.743 bits per heavy atom. The first kappa shape index (κ1) is 23.1. The highest BCUT2D eigenvalue weighted by Crippen LogP contribution is 2.36. The fraction of sp³-hybridized carbons (Fsp3) is 0.333. The molecule has 2 aliphatic rings. The van der Waals surface area contributed by atoms with Crippen LogP contribution in [0.3, 0.4) is 0 Å². The Labute approximate surface area is 207 Å². The van der Waals surface area contributed by atoms with Gasteiger partial charge in [0.2, 0.25) is 11.6 Å². The number of nitro groups is 1. The fourth-order valence-electron chi connectivity index (χ4n) is 4.72. The molecule has 2 fully saturated rings. The fourth-order valence-corrected chi connectivity index (χ4v) is 4.98. The van der Waals surface area contributed by atoms with Gasteiger partial charge in [0.1, 0.15) is 12.1 Å². The van der Waals surface area contributed by atoms with Crippen molar-refractivity contribution in [2.75, 3.05) is 72.0 Å². The minimum Gasteiger partial charge on any atom is -0.367 e. The van der Waals surface area contributed by atoms with Crippen molar-refractivity contribution in [2.45, 2.75) is 0 Å². The van der Waals surface area contributed by atoms with Gasteiger partial charge in [-0.25, -0.2) is 14.4 Å². The third kappa shape index (κ3) is 4.66. The van der Waals surface area contributed by atoms with Crippen molar-refractivity contribution in [3.8, 4) is 0 Å². The normalized spacial score (nSPS) is 16.5. The Bertz CT molecular complexity index is 1130. The predicted molar refractivity (Wildman–Crippen MR) is 135 cm³/mol. The molecule has 0 unspecified atom stereocenters. The van der Waals surface area contributed by atoms with Crippen LogP contribution in [0.1, 0.15) is 0 Å². The second-order valence-electron chi connectivity index (χ2n) is 8.48. The number of piperazine rings is 2. The maximum Gasteiger partial charge on any atom is 0.353 e. The van der Waals surface area contributed by atoms with E-state index in [-0.39, 0.29) is 11.5 Å². The van der Waals surface area contributed by atoms with Crippen molar-refractivity contribution >= 4 is 40.3 Å². The lowest BCUT2D eigenvalue weighted by atomic mass is 10.2. The number of para-hydroxylation sites is 2. The molecule has 2 aromatic carbocycles. The molecular weight excluding hydrogens is 473 g/mol. The number of nitrogens with zero attached hydrogens (tertiary/aromatic N) is 7. The van der Waals surface area contributed by atoms with Crippen molar-refractivity contribution in [3.05, 3.63) is 75.8 Å². The maximum atomic E-state index is 14.2. The van der Waals surface area contributed by atoms with E-state index in [1.807, 2.05) is 39.0 Å². The Morgan fingerprint density at radius 2 is 1.20 bits per heavy atom. The summed E-state index contributed by atoms with van der Waals surface area (Å²) in [5, 5.41) is 12.9. The van der Waals surface area contributed by atoms with Gasteiger partial charge in [-0.15, -0.1) is 0 Å². The first-order valence-corrected chi connectivity index (χ1v) is 11.9. The first-order valence-electron chi connectivity index (χ1n) is 11.5. The van der Waals surface area contributed by atoms with Crippen LogP contribution < -0.4 is 19.6 Å². The maximum absolute atomic E-state index is 14.2. The van der Waals surface area contributed by atoms with Gasteiger partial charge in [0, 0.05) is 52.4 Å². The van der Waals surface area contributed by atoms with Crippen LogP contribution in [0.25, 0.3) is 0 Å². The molecule has 35 heavy (non-hydrogen) atoms. The van der Waals surface area contributed by atoms with Gasteiger partial charge in [-0.2, -0.15) is 0 Å². The molecule has 3 aromatic rings. The number of benzene rings is 2. The summed E-state index contributed by atoms with van der Waals surface area (Å²) in [6.07, 6.45) is 1.39. The van der Waals surface area contributed by atoms with E-state index in [1.54, 1.807) is 18.2 Å². The predicted octanol–water partition coefficient (Wildman–Crippen LogP) is 3.83. The smallest absolute Gasteiger partial charge is 0.353 e. The number of halogens is 2. The molecule has 0 radical (unpaired) electrons. The van der Waals surface area contributed by atoms with Crippen LogP contribution >= 0.6 is 11.6 Å². The van der Waals surface area contributed by atoms with Crippen LogP contribution in [0, 0.1) is 15.9 Å². The summed E-state index contributed by atoms with van der Waals surface area (Å²) in [4.78, 5) is 28.3. The molecule has 0 spiro atoms. The van der Waals surface area contributed by atoms with Gasteiger partial charge in [0.05, 0.1) is 21.3 Å². The number of rotatable bonds is 5. The monoisotopic (exact) mass is 497 g/mol. The molecule has 0 atom stereocenters. The molecule has 2 aliphatic heterocycles. The molecule has 0 saturated carbocycles. The SMILES string of the molecule is O=[N+]([O-])c1c(N2CCN(c3ccccc3F)CC2)ncnc1N1CCN(c2ccccc2Cl)CC1. The van der Waals surface area contributed by atoms with E-state index in [1.165, 1.54) is 12.4 Å². The van der Waals surface area contributed by atoms with E-state index >= 15 is 0 Å². The van der Waals surface area contributed by atoms with Crippen LogP contribution in [0.2, 0.25) is 5.02 Å². The van der Waals surface area contributed by atoms with Gasteiger partial charge in [-0.05, 0) is 24.3 Å². The van der Waals surface area contributed by atoms with Crippen molar-refractivity contribution in [1.29, 1.82) is 0 Å². The highest BCUT2D eigenvalue weighted by Gasteiger charge is 2.33. The topological polar surface area (TPSA) is 81.9 Å². The zero-order valence-corrected chi connectivity index (χ0v) is 19.8. The minimum absolute atomic E-state index is 0.0852. The molecule has 11 heteroatoms. The summed E-state index contributed by atoms with van der Waals surface area (Å²) in [7, 11) is 0. The third-order valence-electron chi connectivity index (χ3n) is 6.51. The number of hydrogen-bond acceptors (Lipinski definition) is 8. The lowest BCUT2D eigenvalue weighted by Gasteiger charge is -2.38. The van der Waals surface area contributed by atoms with Crippen molar-refractivity contribution < 1.29 is 9.31 Å². The van der Waals surface area contributed by atoms with E-state index < -0.39 is 4.92 Å². The molecule has 2 saturated heterocycles. The van der Waals surface area contributed by atoms with Crippen LogP contribution in [-0.2, 0) is 0 Å². The average Bonchev–Trinajstić information content (AvgIpc) is 2.89.